The van der Waals surface area contributed by atoms with E-state index in [1.165, 1.54) is 0 Å². The van der Waals surface area contributed by atoms with Crippen LogP contribution < -0.4 is 0 Å². The molecule has 0 radical (unpaired) electrons. The molecule has 3 saturated heterocycles. The average Bonchev–Trinajstić information content (AvgIpc) is 3.42. The number of rotatable bonds is 14. The number of carbonyl (C=O) groups excluding carboxylic acids is 3. The highest BCUT2D eigenvalue weighted by Crippen LogP contribution is 2.68. The van der Waals surface area contributed by atoms with Gasteiger partial charge in [0.2, 0.25) is 17.7 Å². The normalized spacial score (nSPS) is 30.9. The number of hydrogen-bond acceptors (Lipinski definition) is 5. The maximum absolute atomic E-state index is 14.1. The Labute approximate surface area is 222 Å². The summed E-state index contributed by atoms with van der Waals surface area (Å²) in [5.41, 5.74) is 0. The third kappa shape index (κ3) is 5.10. The Morgan fingerprint density at radius 1 is 1.14 bits per heavy atom. The van der Waals surface area contributed by atoms with E-state index >= 15 is 0 Å². The van der Waals surface area contributed by atoms with Gasteiger partial charge in [-0.15, -0.1) is 24.9 Å². The summed E-state index contributed by atoms with van der Waals surface area (Å²) in [7, 11) is 0. The van der Waals surface area contributed by atoms with Gasteiger partial charge in [-0.3, -0.25) is 14.4 Å². The predicted octanol–water partition coefficient (Wildman–Crippen LogP) is 3.07. The molecule has 6 atom stereocenters. The molecule has 3 heterocycles. The highest BCUT2D eigenvalue weighted by Gasteiger charge is 2.75. The van der Waals surface area contributed by atoms with Crippen molar-refractivity contribution in [1.29, 1.82) is 0 Å². The van der Waals surface area contributed by atoms with E-state index in [9.17, 15) is 19.5 Å². The third-order valence-corrected chi connectivity index (χ3v) is 10.7. The second-order valence-electron chi connectivity index (χ2n) is 9.77. The zero-order valence-corrected chi connectivity index (χ0v) is 23.4. The van der Waals surface area contributed by atoms with Gasteiger partial charge in [-0.2, -0.15) is 0 Å². The number of hydrogen-bond donors (Lipinski definition) is 1. The summed E-state index contributed by atoms with van der Waals surface area (Å²) in [6.07, 6.45) is 7.18. The molecule has 3 aliphatic rings. The molecule has 3 rings (SSSR count). The van der Waals surface area contributed by atoms with Crippen LogP contribution in [0.1, 0.15) is 46.0 Å². The molecular weight excluding hydrogens is 530 g/mol. The molecule has 3 unspecified atom stereocenters. The zero-order valence-electron chi connectivity index (χ0n) is 21.0. The minimum Gasteiger partial charge on any atom is -0.396 e. The van der Waals surface area contributed by atoms with Crippen LogP contribution in [0.2, 0.25) is 0 Å². The quantitative estimate of drug-likeness (QED) is 0.257. The summed E-state index contributed by atoms with van der Waals surface area (Å²) >= 11 is 5.48. The molecule has 0 aromatic carbocycles. The molecular formula is C26H40BrN3O4S. The number of amides is 3. The van der Waals surface area contributed by atoms with Crippen LogP contribution in [-0.2, 0) is 14.4 Å². The lowest BCUT2D eigenvalue weighted by Gasteiger charge is -2.38. The van der Waals surface area contributed by atoms with Gasteiger partial charge in [0, 0.05) is 49.4 Å². The van der Waals surface area contributed by atoms with E-state index in [-0.39, 0.29) is 34.4 Å². The fourth-order valence-corrected chi connectivity index (χ4v) is 9.67. The molecule has 196 valence electrons. The molecule has 0 aromatic heterocycles. The van der Waals surface area contributed by atoms with Crippen molar-refractivity contribution < 1.29 is 19.5 Å². The Bertz CT molecular complexity index is 826. The van der Waals surface area contributed by atoms with Crippen molar-refractivity contribution >= 4 is 45.4 Å². The number of carbonyl (C=O) groups is 3. The first-order valence-electron chi connectivity index (χ1n) is 12.8. The summed E-state index contributed by atoms with van der Waals surface area (Å²) in [5.74, 6) is -1.21. The molecule has 1 N–H and O–H groups in total. The average molecular weight is 571 g/mol. The first-order chi connectivity index (χ1) is 16.8. The first kappa shape index (κ1) is 28.3. The number of unbranched alkanes of at least 4 members (excludes halogenated alkanes) is 1. The molecule has 3 aliphatic heterocycles. The number of fused-ring (bicyclic) bond motifs is 1. The fourth-order valence-electron chi connectivity index (χ4n) is 6.07. The lowest BCUT2D eigenvalue weighted by Crippen LogP contribution is -2.56. The van der Waals surface area contributed by atoms with E-state index in [0.29, 0.717) is 45.6 Å². The SMILES string of the molecule is C=CCN(CCCC)C(=O)C1N(CCCO)C(=O)[C@@H]2[C@H](C(=O)N(CC=C)CCC)[C@H]3SC12CC3Br. The highest BCUT2D eigenvalue weighted by atomic mass is 79.9. The van der Waals surface area contributed by atoms with E-state index in [4.69, 9.17) is 0 Å². The maximum Gasteiger partial charge on any atom is 0.247 e. The van der Waals surface area contributed by atoms with Crippen molar-refractivity contribution in [3.05, 3.63) is 25.3 Å². The van der Waals surface area contributed by atoms with Crippen molar-refractivity contribution in [3.63, 3.8) is 0 Å². The van der Waals surface area contributed by atoms with Crippen molar-refractivity contribution in [2.45, 2.75) is 66.8 Å². The molecule has 9 heteroatoms. The van der Waals surface area contributed by atoms with Gasteiger partial charge in [-0.25, -0.2) is 0 Å². The number of halogens is 1. The Hall–Kier alpha value is -1.32. The third-order valence-electron chi connectivity index (χ3n) is 7.46. The predicted molar refractivity (Wildman–Crippen MR) is 144 cm³/mol. The molecule has 7 nitrogen and oxygen atoms in total. The van der Waals surface area contributed by atoms with E-state index < -0.39 is 22.6 Å². The Balaban J connectivity index is 2.03. The van der Waals surface area contributed by atoms with Gasteiger partial charge in [0.25, 0.3) is 0 Å². The summed E-state index contributed by atoms with van der Waals surface area (Å²) in [4.78, 5) is 47.3. The number of aliphatic hydroxyl groups excluding tert-OH is 1. The zero-order chi connectivity index (χ0) is 25.8. The monoisotopic (exact) mass is 569 g/mol. The summed E-state index contributed by atoms with van der Waals surface area (Å²) < 4.78 is -0.652. The lowest BCUT2D eigenvalue weighted by molar-refractivity contribution is -0.144. The van der Waals surface area contributed by atoms with Crippen molar-refractivity contribution in [1.82, 2.24) is 14.7 Å². The van der Waals surface area contributed by atoms with Gasteiger partial charge in [0.05, 0.1) is 16.6 Å². The molecule has 3 amide bonds. The van der Waals surface area contributed by atoms with Crippen LogP contribution in [0.25, 0.3) is 0 Å². The Kier molecular flexibility index (Phi) is 9.91. The summed E-state index contributed by atoms with van der Waals surface area (Å²) in [6, 6.07) is -0.643. The summed E-state index contributed by atoms with van der Waals surface area (Å²) in [5, 5.41) is 9.47. The number of aliphatic hydroxyl groups is 1. The minimum atomic E-state index is -0.652. The van der Waals surface area contributed by atoms with Crippen LogP contribution in [0, 0.1) is 11.8 Å². The van der Waals surface area contributed by atoms with Crippen LogP contribution in [0.4, 0.5) is 0 Å². The summed E-state index contributed by atoms with van der Waals surface area (Å²) in [6.45, 7) is 14.1. The van der Waals surface area contributed by atoms with Gasteiger partial charge in [0.1, 0.15) is 6.04 Å². The van der Waals surface area contributed by atoms with Gasteiger partial charge in [-0.05, 0) is 25.7 Å². The molecule has 0 aliphatic carbocycles. The number of likely N-dealkylation sites (tertiary alicyclic amines) is 1. The van der Waals surface area contributed by atoms with E-state index in [2.05, 4.69) is 36.0 Å². The number of alkyl halides is 1. The number of nitrogens with zero attached hydrogens (tertiary/aromatic N) is 3. The maximum atomic E-state index is 14.1. The molecule has 2 bridgehead atoms. The molecule has 3 fully saturated rings. The Morgan fingerprint density at radius 3 is 2.37 bits per heavy atom. The Morgan fingerprint density at radius 2 is 1.80 bits per heavy atom. The van der Waals surface area contributed by atoms with Crippen LogP contribution in [0.3, 0.4) is 0 Å². The second kappa shape index (κ2) is 12.3. The van der Waals surface area contributed by atoms with Gasteiger partial charge >= 0.3 is 0 Å². The molecule has 0 aromatic rings. The molecule has 1 spiro atoms. The van der Waals surface area contributed by atoms with E-state index in [1.807, 2.05) is 11.8 Å². The lowest BCUT2D eigenvalue weighted by atomic mass is 9.70. The van der Waals surface area contributed by atoms with Crippen LogP contribution in [0.5, 0.6) is 0 Å². The highest BCUT2D eigenvalue weighted by molar-refractivity contribution is 9.09. The van der Waals surface area contributed by atoms with Gasteiger partial charge in [0.15, 0.2) is 0 Å². The largest absolute Gasteiger partial charge is 0.396 e. The van der Waals surface area contributed by atoms with Gasteiger partial charge < -0.3 is 19.8 Å². The molecule has 35 heavy (non-hydrogen) atoms. The minimum absolute atomic E-state index is 0.0160. The topological polar surface area (TPSA) is 81.2 Å². The standard InChI is InChI=1S/C26H40BrN3O4S/c1-5-9-14-29(13-8-4)25(34)22-26-17-18(27)21(35-26)19(23(32)28(11-6-2)12-7-3)20(26)24(33)30(22)15-10-16-31/h6,8,18-22,31H,2,4-5,7,9-17H2,1,3H3/t18?,19-,20-,21-,22?,26?/m0/s1. The fraction of sp³-hybridized carbons (Fsp3) is 0.731. The number of thioether (sulfide) groups is 1. The van der Waals surface area contributed by atoms with Crippen LogP contribution in [-0.4, -0.2) is 97.7 Å². The smallest absolute Gasteiger partial charge is 0.247 e. The van der Waals surface area contributed by atoms with Crippen molar-refractivity contribution in [2.75, 3.05) is 39.3 Å². The van der Waals surface area contributed by atoms with Gasteiger partial charge in [-0.1, -0.05) is 48.4 Å². The van der Waals surface area contributed by atoms with E-state index in [0.717, 1.165) is 19.3 Å². The molecule has 0 saturated carbocycles. The van der Waals surface area contributed by atoms with Crippen molar-refractivity contribution in [2.24, 2.45) is 11.8 Å². The van der Waals surface area contributed by atoms with Crippen LogP contribution >= 0.6 is 27.7 Å². The first-order valence-corrected chi connectivity index (χ1v) is 14.6. The second-order valence-corrected chi connectivity index (χ2v) is 12.5. The van der Waals surface area contributed by atoms with Crippen LogP contribution in [0.15, 0.2) is 25.3 Å². The van der Waals surface area contributed by atoms with E-state index in [1.54, 1.807) is 33.7 Å². The van der Waals surface area contributed by atoms with Crippen molar-refractivity contribution in [3.8, 4) is 0 Å².